The van der Waals surface area contributed by atoms with Crippen LogP contribution in [0.1, 0.15) is 40.0 Å². The van der Waals surface area contributed by atoms with E-state index in [0.717, 1.165) is 52.0 Å². The van der Waals surface area contributed by atoms with E-state index in [1.54, 1.807) is 0 Å². The van der Waals surface area contributed by atoms with Crippen molar-refractivity contribution in [3.8, 4) is 0 Å². The average Bonchev–Trinajstić information content (AvgIpc) is 2.42. The number of rotatable bonds is 7. The van der Waals surface area contributed by atoms with E-state index < -0.39 is 0 Å². The number of piperidine rings is 1. The second kappa shape index (κ2) is 8.48. The summed E-state index contributed by atoms with van der Waals surface area (Å²) in [6, 6.07) is 0.453. The Morgan fingerprint density at radius 2 is 1.78 bits per heavy atom. The van der Waals surface area contributed by atoms with Crippen molar-refractivity contribution in [1.82, 2.24) is 15.1 Å². The van der Waals surface area contributed by atoms with Gasteiger partial charge in [-0.25, -0.2) is 0 Å². The van der Waals surface area contributed by atoms with Crippen LogP contribution in [0.2, 0.25) is 0 Å². The predicted octanol–water partition coefficient (Wildman–Crippen LogP) is 1.32. The van der Waals surface area contributed by atoms with Crippen LogP contribution in [0, 0.1) is 0 Å². The minimum atomic E-state index is 0.312. The first kappa shape index (κ1) is 15.4. The highest BCUT2D eigenvalue weighted by molar-refractivity contribution is 5.78. The van der Waals surface area contributed by atoms with E-state index in [2.05, 4.69) is 35.9 Å². The molecule has 0 radical (unpaired) electrons. The third-order valence-electron chi connectivity index (χ3n) is 3.79. The van der Waals surface area contributed by atoms with Gasteiger partial charge in [0.25, 0.3) is 0 Å². The van der Waals surface area contributed by atoms with Gasteiger partial charge in [0.05, 0.1) is 6.54 Å². The van der Waals surface area contributed by atoms with Gasteiger partial charge in [0.1, 0.15) is 0 Å². The lowest BCUT2D eigenvalue weighted by Crippen LogP contribution is -2.49. The standard InChI is InChI=1S/C14H29N3O/c1-4-11-17(13-7-9-15-10-8-13)14(18)12-16(5-2)6-3/h13,15H,4-12H2,1-3H3. The summed E-state index contributed by atoms with van der Waals surface area (Å²) in [5.41, 5.74) is 0. The van der Waals surface area contributed by atoms with E-state index in [9.17, 15) is 4.79 Å². The molecule has 4 nitrogen and oxygen atoms in total. The molecule has 0 bridgehead atoms. The van der Waals surface area contributed by atoms with Gasteiger partial charge in [-0.1, -0.05) is 20.8 Å². The number of carbonyl (C=O) groups is 1. The van der Waals surface area contributed by atoms with Crippen LogP contribution in [0.4, 0.5) is 0 Å². The normalized spacial score (nSPS) is 17.1. The molecule has 1 N–H and O–H groups in total. The lowest BCUT2D eigenvalue weighted by molar-refractivity contribution is -0.135. The van der Waals surface area contributed by atoms with Gasteiger partial charge in [-0.2, -0.15) is 0 Å². The van der Waals surface area contributed by atoms with E-state index in [0.29, 0.717) is 18.5 Å². The molecule has 1 heterocycles. The van der Waals surface area contributed by atoms with Crippen molar-refractivity contribution in [2.45, 2.75) is 46.1 Å². The first-order chi connectivity index (χ1) is 8.72. The molecule has 0 unspecified atom stereocenters. The zero-order valence-corrected chi connectivity index (χ0v) is 12.2. The SMILES string of the molecule is CCCN(C(=O)CN(CC)CC)C1CCNCC1. The second-order valence-corrected chi connectivity index (χ2v) is 5.03. The zero-order chi connectivity index (χ0) is 13.4. The summed E-state index contributed by atoms with van der Waals surface area (Å²) in [6.45, 7) is 11.9. The van der Waals surface area contributed by atoms with Crippen LogP contribution in [0.25, 0.3) is 0 Å². The van der Waals surface area contributed by atoms with Crippen LogP contribution in [0.5, 0.6) is 0 Å². The van der Waals surface area contributed by atoms with E-state index in [-0.39, 0.29) is 0 Å². The molecule has 4 heteroatoms. The maximum atomic E-state index is 12.4. The summed E-state index contributed by atoms with van der Waals surface area (Å²) >= 11 is 0. The number of hydrogen-bond acceptors (Lipinski definition) is 3. The average molecular weight is 255 g/mol. The summed E-state index contributed by atoms with van der Waals surface area (Å²) < 4.78 is 0. The van der Waals surface area contributed by atoms with Crippen LogP contribution in [-0.4, -0.2) is 61.0 Å². The molecule has 1 rings (SSSR count). The second-order valence-electron chi connectivity index (χ2n) is 5.03. The van der Waals surface area contributed by atoms with Gasteiger partial charge in [-0.3, -0.25) is 9.69 Å². The van der Waals surface area contributed by atoms with Gasteiger partial charge in [0.2, 0.25) is 5.91 Å². The van der Waals surface area contributed by atoms with Gasteiger partial charge >= 0.3 is 0 Å². The Morgan fingerprint density at radius 3 is 2.28 bits per heavy atom. The zero-order valence-electron chi connectivity index (χ0n) is 12.2. The Balaban J connectivity index is 2.55. The number of hydrogen-bond donors (Lipinski definition) is 1. The molecule has 1 aliphatic rings. The van der Waals surface area contributed by atoms with E-state index >= 15 is 0 Å². The number of carbonyl (C=O) groups excluding carboxylic acids is 1. The number of nitrogens with zero attached hydrogens (tertiary/aromatic N) is 2. The third kappa shape index (κ3) is 4.58. The molecule has 0 saturated carbocycles. The summed E-state index contributed by atoms with van der Waals surface area (Å²) in [7, 11) is 0. The van der Waals surface area contributed by atoms with Crippen molar-refractivity contribution in [2.75, 3.05) is 39.3 Å². The first-order valence-electron chi connectivity index (χ1n) is 7.45. The largest absolute Gasteiger partial charge is 0.339 e. The highest BCUT2D eigenvalue weighted by Gasteiger charge is 2.25. The molecule has 1 amide bonds. The van der Waals surface area contributed by atoms with Crippen LogP contribution < -0.4 is 5.32 Å². The van der Waals surface area contributed by atoms with E-state index in [1.807, 2.05) is 0 Å². The topological polar surface area (TPSA) is 35.6 Å². The molecule has 1 saturated heterocycles. The summed E-state index contributed by atoms with van der Waals surface area (Å²) in [5.74, 6) is 0.312. The minimum Gasteiger partial charge on any atom is -0.339 e. The van der Waals surface area contributed by atoms with Crippen LogP contribution in [0.15, 0.2) is 0 Å². The van der Waals surface area contributed by atoms with Crippen molar-refractivity contribution in [3.63, 3.8) is 0 Å². The maximum absolute atomic E-state index is 12.4. The highest BCUT2D eigenvalue weighted by atomic mass is 16.2. The Labute approximate surface area is 112 Å². The fourth-order valence-electron chi connectivity index (χ4n) is 2.60. The Bertz CT molecular complexity index is 235. The Morgan fingerprint density at radius 1 is 1.17 bits per heavy atom. The summed E-state index contributed by atoms with van der Waals surface area (Å²) in [5, 5.41) is 3.37. The lowest BCUT2D eigenvalue weighted by atomic mass is 10.0. The fourth-order valence-corrected chi connectivity index (χ4v) is 2.60. The molecular formula is C14H29N3O. The third-order valence-corrected chi connectivity index (χ3v) is 3.79. The van der Waals surface area contributed by atoms with Gasteiger partial charge < -0.3 is 10.2 Å². The number of nitrogens with one attached hydrogen (secondary N) is 1. The monoisotopic (exact) mass is 255 g/mol. The van der Waals surface area contributed by atoms with Crippen molar-refractivity contribution >= 4 is 5.91 Å². The van der Waals surface area contributed by atoms with Gasteiger partial charge in [-0.05, 0) is 45.4 Å². The van der Waals surface area contributed by atoms with Gasteiger partial charge in [-0.15, -0.1) is 0 Å². The fraction of sp³-hybridized carbons (Fsp3) is 0.929. The summed E-state index contributed by atoms with van der Waals surface area (Å²) in [6.07, 6.45) is 3.25. The molecule has 0 spiro atoms. The first-order valence-corrected chi connectivity index (χ1v) is 7.45. The quantitative estimate of drug-likeness (QED) is 0.745. The molecular weight excluding hydrogens is 226 g/mol. The van der Waals surface area contributed by atoms with Crippen molar-refractivity contribution in [3.05, 3.63) is 0 Å². The Kier molecular flexibility index (Phi) is 7.28. The molecule has 0 atom stereocenters. The molecule has 18 heavy (non-hydrogen) atoms. The lowest BCUT2D eigenvalue weighted by Gasteiger charge is -2.35. The molecule has 0 aromatic heterocycles. The van der Waals surface area contributed by atoms with Crippen LogP contribution >= 0.6 is 0 Å². The minimum absolute atomic E-state index is 0.312. The van der Waals surface area contributed by atoms with E-state index in [4.69, 9.17) is 0 Å². The molecule has 0 aromatic carbocycles. The molecule has 0 aromatic rings. The number of amides is 1. The van der Waals surface area contributed by atoms with E-state index in [1.165, 1.54) is 0 Å². The molecule has 106 valence electrons. The Hall–Kier alpha value is -0.610. The van der Waals surface area contributed by atoms with Gasteiger partial charge in [0, 0.05) is 12.6 Å². The van der Waals surface area contributed by atoms with Crippen molar-refractivity contribution in [1.29, 1.82) is 0 Å². The predicted molar refractivity (Wildman–Crippen MR) is 75.7 cm³/mol. The smallest absolute Gasteiger partial charge is 0.236 e. The highest BCUT2D eigenvalue weighted by Crippen LogP contribution is 2.13. The molecule has 0 aliphatic carbocycles. The van der Waals surface area contributed by atoms with Crippen LogP contribution in [0.3, 0.4) is 0 Å². The van der Waals surface area contributed by atoms with Crippen molar-refractivity contribution in [2.24, 2.45) is 0 Å². The van der Waals surface area contributed by atoms with Gasteiger partial charge in [0.15, 0.2) is 0 Å². The molecule has 1 aliphatic heterocycles. The molecule has 1 fully saturated rings. The summed E-state index contributed by atoms with van der Waals surface area (Å²) in [4.78, 5) is 16.7. The number of likely N-dealkylation sites (N-methyl/N-ethyl adjacent to an activating group) is 1. The van der Waals surface area contributed by atoms with Crippen molar-refractivity contribution < 1.29 is 4.79 Å². The maximum Gasteiger partial charge on any atom is 0.236 e. The van der Waals surface area contributed by atoms with Crippen LogP contribution in [-0.2, 0) is 4.79 Å².